The summed E-state index contributed by atoms with van der Waals surface area (Å²) in [7, 11) is 0. The topological polar surface area (TPSA) is 29.3 Å². The van der Waals surface area contributed by atoms with Crippen LogP contribution in [0.25, 0.3) is 0 Å². The zero-order valence-corrected chi connectivity index (χ0v) is 14.0. The lowest BCUT2D eigenvalue weighted by molar-refractivity contribution is 0.112. The van der Waals surface area contributed by atoms with Crippen LogP contribution >= 0.6 is 0 Å². The minimum Gasteiger partial charge on any atom is -0.320 e. The van der Waals surface area contributed by atoms with Crippen molar-refractivity contribution in [1.29, 1.82) is 0 Å². The molecule has 1 aromatic carbocycles. The second kappa shape index (κ2) is 8.50. The third-order valence-corrected chi connectivity index (χ3v) is 4.46. The highest BCUT2D eigenvalue weighted by atomic mass is 19.1. The van der Waals surface area contributed by atoms with Gasteiger partial charge in [0.05, 0.1) is 5.54 Å². The number of halogens is 1. The van der Waals surface area contributed by atoms with Crippen molar-refractivity contribution in [3.63, 3.8) is 0 Å². The maximum atomic E-state index is 13.2. The van der Waals surface area contributed by atoms with Crippen molar-refractivity contribution < 1.29 is 4.39 Å². The van der Waals surface area contributed by atoms with E-state index in [4.69, 9.17) is 5.73 Å². The van der Waals surface area contributed by atoms with Crippen molar-refractivity contribution in [2.45, 2.75) is 65.0 Å². The van der Waals surface area contributed by atoms with Gasteiger partial charge in [-0.2, -0.15) is 0 Å². The Morgan fingerprint density at radius 2 is 1.62 bits per heavy atom. The molecule has 2 atom stereocenters. The monoisotopic (exact) mass is 294 g/mol. The van der Waals surface area contributed by atoms with Crippen LogP contribution in [0.1, 0.15) is 58.9 Å². The summed E-state index contributed by atoms with van der Waals surface area (Å²) in [6.07, 6.45) is 4.11. The Balaban J connectivity index is 3.23. The van der Waals surface area contributed by atoms with Crippen molar-refractivity contribution in [2.75, 3.05) is 13.1 Å². The fraction of sp³-hybridized carbons (Fsp3) is 0.667. The van der Waals surface area contributed by atoms with E-state index in [-0.39, 0.29) is 5.82 Å². The van der Waals surface area contributed by atoms with Crippen LogP contribution in [0, 0.1) is 5.82 Å². The highest BCUT2D eigenvalue weighted by Gasteiger charge is 2.38. The first-order valence-electron chi connectivity index (χ1n) is 8.32. The van der Waals surface area contributed by atoms with Gasteiger partial charge in [0.15, 0.2) is 0 Å². The molecule has 0 aliphatic heterocycles. The summed E-state index contributed by atoms with van der Waals surface area (Å²) in [6.45, 7) is 10.7. The van der Waals surface area contributed by atoms with Crippen molar-refractivity contribution in [2.24, 2.45) is 5.73 Å². The normalized spacial score (nSPS) is 16.0. The van der Waals surface area contributed by atoms with Gasteiger partial charge in [-0.1, -0.05) is 52.7 Å². The van der Waals surface area contributed by atoms with Gasteiger partial charge in [0.25, 0.3) is 0 Å². The van der Waals surface area contributed by atoms with Gasteiger partial charge in [-0.15, -0.1) is 0 Å². The average molecular weight is 294 g/mol. The Bertz CT molecular complexity index is 400. The first-order chi connectivity index (χ1) is 10.0. The van der Waals surface area contributed by atoms with Crippen LogP contribution in [0.3, 0.4) is 0 Å². The van der Waals surface area contributed by atoms with Crippen molar-refractivity contribution >= 4 is 0 Å². The van der Waals surface area contributed by atoms with Crippen LogP contribution in [0.2, 0.25) is 0 Å². The molecule has 3 heteroatoms. The van der Waals surface area contributed by atoms with E-state index in [0.29, 0.717) is 6.04 Å². The highest BCUT2D eigenvalue weighted by Crippen LogP contribution is 2.33. The molecule has 0 saturated carbocycles. The second-order valence-corrected chi connectivity index (χ2v) is 5.82. The van der Waals surface area contributed by atoms with Crippen molar-refractivity contribution in [3.05, 3.63) is 35.6 Å². The van der Waals surface area contributed by atoms with E-state index in [1.807, 2.05) is 12.1 Å². The molecule has 2 unspecified atom stereocenters. The molecule has 2 nitrogen and oxygen atoms in total. The maximum absolute atomic E-state index is 13.2. The van der Waals surface area contributed by atoms with E-state index in [0.717, 1.165) is 44.3 Å². The number of hydrogen-bond donors (Lipinski definition) is 1. The van der Waals surface area contributed by atoms with E-state index in [2.05, 4.69) is 32.6 Å². The van der Waals surface area contributed by atoms with E-state index < -0.39 is 5.54 Å². The molecule has 0 aliphatic rings. The van der Waals surface area contributed by atoms with Crippen LogP contribution in [-0.4, -0.2) is 24.0 Å². The Morgan fingerprint density at radius 1 is 1.05 bits per heavy atom. The van der Waals surface area contributed by atoms with Gasteiger partial charge in [-0.05, 0) is 43.6 Å². The molecule has 0 fully saturated rings. The summed E-state index contributed by atoms with van der Waals surface area (Å²) in [6, 6.07) is 7.06. The minimum absolute atomic E-state index is 0.201. The molecule has 1 aromatic rings. The largest absolute Gasteiger partial charge is 0.320 e. The Morgan fingerprint density at radius 3 is 2.05 bits per heavy atom. The first-order valence-corrected chi connectivity index (χ1v) is 8.32. The molecule has 1 rings (SSSR count). The predicted molar refractivity (Wildman–Crippen MR) is 88.8 cm³/mol. The summed E-state index contributed by atoms with van der Waals surface area (Å²) in [5.41, 5.74) is 7.54. The number of benzene rings is 1. The van der Waals surface area contributed by atoms with E-state index >= 15 is 0 Å². The molecule has 0 bridgehead atoms. The maximum Gasteiger partial charge on any atom is 0.123 e. The van der Waals surface area contributed by atoms with Gasteiger partial charge in [0.1, 0.15) is 5.82 Å². The standard InChI is InChI=1S/C18H31FN2/c1-5-9-17(21(7-3)8-4)18(20,14-6-2)15-10-12-16(19)13-11-15/h10-13,17H,5-9,14,20H2,1-4H3. The van der Waals surface area contributed by atoms with Gasteiger partial charge >= 0.3 is 0 Å². The molecule has 0 saturated heterocycles. The fourth-order valence-corrected chi connectivity index (χ4v) is 3.38. The van der Waals surface area contributed by atoms with E-state index in [1.54, 1.807) is 0 Å². The third kappa shape index (κ3) is 4.27. The second-order valence-electron chi connectivity index (χ2n) is 5.82. The molecular weight excluding hydrogens is 263 g/mol. The molecule has 0 aliphatic carbocycles. The van der Waals surface area contributed by atoms with Crippen LogP contribution in [0.5, 0.6) is 0 Å². The van der Waals surface area contributed by atoms with Crippen molar-refractivity contribution in [3.8, 4) is 0 Å². The molecule has 0 amide bonds. The Kier molecular flexibility index (Phi) is 7.33. The van der Waals surface area contributed by atoms with Gasteiger partial charge < -0.3 is 5.73 Å². The minimum atomic E-state index is -0.412. The predicted octanol–water partition coefficient (Wildman–Crippen LogP) is 4.29. The number of hydrogen-bond acceptors (Lipinski definition) is 2. The van der Waals surface area contributed by atoms with Crippen molar-refractivity contribution in [1.82, 2.24) is 4.90 Å². The lowest BCUT2D eigenvalue weighted by atomic mass is 9.77. The van der Waals surface area contributed by atoms with E-state index in [1.165, 1.54) is 12.1 Å². The third-order valence-electron chi connectivity index (χ3n) is 4.46. The molecular formula is C18H31FN2. The number of nitrogens with zero attached hydrogens (tertiary/aromatic N) is 1. The lowest BCUT2D eigenvalue weighted by Crippen LogP contribution is -2.56. The quantitative estimate of drug-likeness (QED) is 0.736. The molecule has 0 spiro atoms. The number of nitrogens with two attached hydrogens (primary N) is 1. The molecule has 120 valence electrons. The first kappa shape index (κ1) is 18.1. The fourth-order valence-electron chi connectivity index (χ4n) is 3.38. The van der Waals surface area contributed by atoms with Crippen LogP contribution in [0.15, 0.2) is 24.3 Å². The summed E-state index contributed by atoms with van der Waals surface area (Å²) >= 11 is 0. The van der Waals surface area contributed by atoms with Gasteiger partial charge in [0.2, 0.25) is 0 Å². The Hall–Kier alpha value is -0.930. The lowest BCUT2D eigenvalue weighted by Gasteiger charge is -2.44. The molecule has 2 N–H and O–H groups in total. The molecule has 0 aromatic heterocycles. The average Bonchev–Trinajstić information content (AvgIpc) is 2.48. The van der Waals surface area contributed by atoms with Crippen LogP contribution in [-0.2, 0) is 5.54 Å². The van der Waals surface area contributed by atoms with Gasteiger partial charge in [0, 0.05) is 6.04 Å². The smallest absolute Gasteiger partial charge is 0.123 e. The van der Waals surface area contributed by atoms with Gasteiger partial charge in [-0.3, -0.25) is 4.90 Å². The van der Waals surface area contributed by atoms with E-state index in [9.17, 15) is 4.39 Å². The SMILES string of the molecule is CCCC(N(CC)CC)C(N)(CCC)c1ccc(F)cc1. The molecule has 21 heavy (non-hydrogen) atoms. The number of rotatable bonds is 9. The highest BCUT2D eigenvalue weighted by molar-refractivity contribution is 5.27. The van der Waals surface area contributed by atoms with Crippen LogP contribution in [0.4, 0.5) is 4.39 Å². The summed E-state index contributed by atoms with van der Waals surface area (Å²) in [5, 5.41) is 0. The van der Waals surface area contributed by atoms with Crippen LogP contribution < -0.4 is 5.73 Å². The van der Waals surface area contributed by atoms with Gasteiger partial charge in [-0.25, -0.2) is 4.39 Å². The summed E-state index contributed by atoms with van der Waals surface area (Å²) in [5.74, 6) is -0.201. The Labute approximate surface area is 129 Å². The molecule has 0 heterocycles. The zero-order valence-electron chi connectivity index (χ0n) is 14.0. The molecule has 0 radical (unpaired) electrons. The summed E-state index contributed by atoms with van der Waals surface area (Å²) in [4.78, 5) is 2.45. The zero-order chi connectivity index (χ0) is 15.9. The number of likely N-dealkylation sites (N-methyl/N-ethyl adjacent to an activating group) is 1. The summed E-state index contributed by atoms with van der Waals surface area (Å²) < 4.78 is 13.2.